The minimum atomic E-state index is -2.62. The van der Waals surface area contributed by atoms with Gasteiger partial charge in [0, 0.05) is 6.61 Å². The lowest BCUT2D eigenvalue weighted by Gasteiger charge is -2.43. The van der Waals surface area contributed by atoms with E-state index in [0.29, 0.717) is 13.0 Å². The van der Waals surface area contributed by atoms with E-state index < -0.39 is 38.8 Å². The summed E-state index contributed by atoms with van der Waals surface area (Å²) in [7, 11) is -2.62. The Hall–Kier alpha value is -2.19. The van der Waals surface area contributed by atoms with Crippen LogP contribution in [0.15, 0.2) is 60.7 Å². The zero-order chi connectivity index (χ0) is 22.1. The van der Waals surface area contributed by atoms with Gasteiger partial charge in [0.2, 0.25) is 0 Å². The highest BCUT2D eigenvalue weighted by Gasteiger charge is 2.51. The van der Waals surface area contributed by atoms with Crippen molar-refractivity contribution in [3.8, 4) is 0 Å². The lowest BCUT2D eigenvalue weighted by atomic mass is 9.96. The van der Waals surface area contributed by atoms with Crippen molar-refractivity contribution in [3.05, 3.63) is 60.7 Å². The average molecular weight is 442 g/mol. The van der Waals surface area contributed by atoms with Gasteiger partial charge in [0.25, 0.3) is 8.32 Å². The van der Waals surface area contributed by atoms with Crippen LogP contribution in [0.1, 0.15) is 27.2 Å². The van der Waals surface area contributed by atoms with E-state index in [1.54, 1.807) is 0 Å². The molecule has 31 heavy (non-hydrogen) atoms. The topological polar surface area (TPSA) is 77.0 Å². The third-order valence-electron chi connectivity index (χ3n) is 6.30. The zero-order valence-corrected chi connectivity index (χ0v) is 19.3. The third-order valence-corrected chi connectivity index (χ3v) is 11.3. The Labute approximate surface area is 184 Å². The molecule has 6 nitrogen and oxygen atoms in total. The molecule has 2 heterocycles. The molecule has 4 atom stereocenters. The number of nitrogens with one attached hydrogen (secondary N) is 1. The van der Waals surface area contributed by atoms with Gasteiger partial charge in [-0.3, -0.25) is 0 Å². The Bertz CT molecular complexity index is 846. The number of carbonyl (C=O) groups excluding carboxylic acids is 1. The normalized spacial score (nSPS) is 26.1. The lowest BCUT2D eigenvalue weighted by Crippen LogP contribution is -2.66. The van der Waals surface area contributed by atoms with Gasteiger partial charge >= 0.3 is 6.09 Å². The molecule has 2 aromatic carbocycles. The number of hydrogen-bond donors (Lipinski definition) is 2. The van der Waals surface area contributed by atoms with Gasteiger partial charge in [-0.1, -0.05) is 81.4 Å². The average Bonchev–Trinajstić information content (AvgIpc) is 3.14. The van der Waals surface area contributed by atoms with Crippen LogP contribution in [-0.2, 0) is 13.9 Å². The lowest BCUT2D eigenvalue weighted by molar-refractivity contribution is -0.127. The molecule has 2 saturated heterocycles. The van der Waals surface area contributed by atoms with Crippen LogP contribution in [0.25, 0.3) is 0 Å². The molecule has 0 saturated carbocycles. The summed E-state index contributed by atoms with van der Waals surface area (Å²) in [5.41, 5.74) is 0. The number of alkyl carbamates (subject to hydrolysis) is 1. The monoisotopic (exact) mass is 441 g/mol. The minimum absolute atomic E-state index is 0.111. The van der Waals surface area contributed by atoms with Crippen LogP contribution in [0.5, 0.6) is 0 Å². The summed E-state index contributed by atoms with van der Waals surface area (Å²) in [6, 6.07) is 20.5. The molecule has 166 valence electrons. The maximum absolute atomic E-state index is 11.5. The summed E-state index contributed by atoms with van der Waals surface area (Å²) < 4.78 is 17.9. The van der Waals surface area contributed by atoms with Gasteiger partial charge < -0.3 is 24.3 Å². The first-order valence-electron chi connectivity index (χ1n) is 10.8. The first-order chi connectivity index (χ1) is 14.8. The first-order valence-corrected chi connectivity index (χ1v) is 12.8. The van der Waals surface area contributed by atoms with Gasteiger partial charge in [0.1, 0.15) is 12.2 Å². The molecule has 0 radical (unpaired) electrons. The molecule has 2 aromatic rings. The largest absolute Gasteiger partial charge is 0.441 e. The highest BCUT2D eigenvalue weighted by molar-refractivity contribution is 6.99. The summed E-state index contributed by atoms with van der Waals surface area (Å²) in [5.74, 6) is 0. The van der Waals surface area contributed by atoms with E-state index in [0.717, 1.165) is 0 Å². The van der Waals surface area contributed by atoms with E-state index in [2.05, 4.69) is 74.6 Å². The molecule has 4 rings (SSSR count). The highest BCUT2D eigenvalue weighted by atomic mass is 28.4. The molecule has 1 amide bonds. The Balaban J connectivity index is 1.57. The molecular formula is C24H31NO5Si. The fraction of sp³-hybridized carbons (Fsp3) is 0.458. The van der Waals surface area contributed by atoms with Crippen molar-refractivity contribution < 1.29 is 23.8 Å². The molecule has 7 heteroatoms. The number of fused-ring (bicyclic) bond motifs is 1. The van der Waals surface area contributed by atoms with Gasteiger partial charge in [0.05, 0.1) is 18.8 Å². The van der Waals surface area contributed by atoms with Crippen molar-refractivity contribution in [2.75, 3.05) is 13.2 Å². The van der Waals surface area contributed by atoms with Gasteiger partial charge in [-0.2, -0.15) is 0 Å². The van der Waals surface area contributed by atoms with Crippen LogP contribution in [0.4, 0.5) is 4.79 Å². The van der Waals surface area contributed by atoms with Gasteiger partial charge in [0.15, 0.2) is 0 Å². The number of hydrogen-bond acceptors (Lipinski definition) is 5. The van der Waals surface area contributed by atoms with Gasteiger partial charge in [-0.05, 0) is 21.8 Å². The summed E-state index contributed by atoms with van der Waals surface area (Å²) in [5, 5.41) is 15.7. The van der Waals surface area contributed by atoms with Crippen molar-refractivity contribution >= 4 is 24.8 Å². The van der Waals surface area contributed by atoms with Crippen molar-refractivity contribution in [1.29, 1.82) is 0 Å². The predicted octanol–water partition coefficient (Wildman–Crippen LogP) is 2.19. The summed E-state index contributed by atoms with van der Waals surface area (Å²) >= 11 is 0. The molecule has 0 spiro atoms. The Morgan fingerprint density at radius 1 is 1.06 bits per heavy atom. The Kier molecular flexibility index (Phi) is 6.21. The quantitative estimate of drug-likeness (QED) is 0.672. The molecule has 0 aliphatic carbocycles. The number of rotatable bonds is 6. The van der Waals surface area contributed by atoms with Crippen LogP contribution in [0.2, 0.25) is 5.04 Å². The molecule has 0 bridgehead atoms. The first kappa shape index (κ1) is 22.0. The molecule has 2 fully saturated rings. The van der Waals surface area contributed by atoms with E-state index in [4.69, 9.17) is 13.9 Å². The fourth-order valence-corrected chi connectivity index (χ4v) is 9.39. The zero-order valence-electron chi connectivity index (χ0n) is 18.3. The third kappa shape index (κ3) is 4.15. The van der Waals surface area contributed by atoms with Crippen LogP contribution in [0, 0.1) is 0 Å². The molecule has 0 unspecified atom stereocenters. The fourth-order valence-electron chi connectivity index (χ4n) is 4.81. The van der Waals surface area contributed by atoms with Crippen LogP contribution >= 0.6 is 0 Å². The second-order valence-electron chi connectivity index (χ2n) is 9.28. The van der Waals surface area contributed by atoms with Crippen LogP contribution < -0.4 is 15.7 Å². The summed E-state index contributed by atoms with van der Waals surface area (Å²) in [6.45, 7) is 7.44. The Morgan fingerprint density at radius 2 is 1.65 bits per heavy atom. The predicted molar refractivity (Wildman–Crippen MR) is 121 cm³/mol. The second-order valence-corrected chi connectivity index (χ2v) is 13.6. The number of aliphatic hydroxyl groups is 1. The number of carbonyl (C=O) groups is 1. The highest BCUT2D eigenvalue weighted by Crippen LogP contribution is 2.37. The number of aliphatic hydroxyl groups excluding tert-OH is 1. The smallest absolute Gasteiger partial charge is 0.408 e. The van der Waals surface area contributed by atoms with Crippen molar-refractivity contribution in [2.24, 2.45) is 0 Å². The number of ether oxygens (including phenoxy) is 2. The molecule has 0 aromatic heterocycles. The second kappa shape index (κ2) is 8.74. The summed E-state index contributed by atoms with van der Waals surface area (Å²) in [4.78, 5) is 11.5. The maximum atomic E-state index is 11.5. The van der Waals surface area contributed by atoms with E-state index in [1.165, 1.54) is 10.4 Å². The van der Waals surface area contributed by atoms with Crippen molar-refractivity contribution in [3.63, 3.8) is 0 Å². The van der Waals surface area contributed by atoms with Crippen LogP contribution in [0.3, 0.4) is 0 Å². The van der Waals surface area contributed by atoms with E-state index in [-0.39, 0.29) is 11.6 Å². The van der Waals surface area contributed by atoms with E-state index in [9.17, 15) is 9.90 Å². The maximum Gasteiger partial charge on any atom is 0.408 e. The molecule has 2 aliphatic heterocycles. The Morgan fingerprint density at radius 3 is 2.19 bits per heavy atom. The van der Waals surface area contributed by atoms with Gasteiger partial charge in [-0.25, -0.2) is 4.79 Å². The minimum Gasteiger partial charge on any atom is -0.441 e. The summed E-state index contributed by atoms with van der Waals surface area (Å²) in [6.07, 6.45) is -1.64. The number of benzene rings is 2. The molecule has 2 N–H and O–H groups in total. The number of amides is 1. The van der Waals surface area contributed by atoms with E-state index in [1.807, 2.05) is 12.1 Å². The van der Waals surface area contributed by atoms with Crippen LogP contribution in [-0.4, -0.2) is 57.1 Å². The molecule has 2 aliphatic rings. The van der Waals surface area contributed by atoms with E-state index >= 15 is 0 Å². The van der Waals surface area contributed by atoms with Gasteiger partial charge in [-0.15, -0.1) is 0 Å². The van der Waals surface area contributed by atoms with Crippen molar-refractivity contribution in [2.45, 2.75) is 56.6 Å². The van der Waals surface area contributed by atoms with Crippen molar-refractivity contribution in [1.82, 2.24) is 5.32 Å². The SMILES string of the molecule is CC(C)(C)[Si](OCC[C@@H]1OC[C@@H]2OC(=O)N[C@@H]2[C@@H]1O)(c1ccccc1)c1ccccc1. The molecular weight excluding hydrogens is 410 g/mol. The standard InChI is InChI=1S/C24H31NO5Si/c1-24(2,3)31(17-10-6-4-7-11-17,18-12-8-5-9-13-18)29-15-14-19-22(26)21-20(16-28-19)30-23(27)25-21/h4-13,19-22,26H,14-16H2,1-3H3,(H,25,27)/t19-,20-,21-,22+/m0/s1.